The summed E-state index contributed by atoms with van der Waals surface area (Å²) in [6.45, 7) is 1.24. The normalized spacial score (nSPS) is 15.2. The lowest BCUT2D eigenvalue weighted by atomic mass is 10.1. The number of aromatic nitrogens is 1. The van der Waals surface area contributed by atoms with Gasteiger partial charge < -0.3 is 19.5 Å². The number of hydrogen-bond donors (Lipinski definition) is 1. The summed E-state index contributed by atoms with van der Waals surface area (Å²) in [4.78, 5) is 18.8. The molecule has 1 N–H and O–H groups in total. The van der Waals surface area contributed by atoms with Gasteiger partial charge in [0.05, 0.1) is 32.4 Å². The number of likely N-dealkylation sites (tertiary alicyclic amines) is 1. The maximum atomic E-state index is 12.4. The maximum Gasteiger partial charge on any atom is 0.228 e. The summed E-state index contributed by atoms with van der Waals surface area (Å²) in [6, 6.07) is 5.66. The Kier molecular flexibility index (Phi) is 5.55. The lowest BCUT2D eigenvalue weighted by Crippen LogP contribution is -2.40. The first-order chi connectivity index (χ1) is 12.1. The average molecular weight is 362 g/mol. The van der Waals surface area contributed by atoms with E-state index in [-0.39, 0.29) is 12.0 Å². The summed E-state index contributed by atoms with van der Waals surface area (Å²) in [5.74, 6) is 1.39. The molecule has 1 amide bonds. The van der Waals surface area contributed by atoms with Crippen LogP contribution in [0, 0.1) is 0 Å². The van der Waals surface area contributed by atoms with E-state index in [0.29, 0.717) is 43.9 Å². The van der Waals surface area contributed by atoms with Crippen molar-refractivity contribution in [1.29, 1.82) is 0 Å². The van der Waals surface area contributed by atoms with E-state index in [1.807, 2.05) is 28.5 Å². The van der Waals surface area contributed by atoms with E-state index in [1.165, 1.54) is 11.3 Å². The van der Waals surface area contributed by atoms with Gasteiger partial charge in [0.15, 0.2) is 11.5 Å². The highest BCUT2D eigenvalue weighted by Gasteiger charge is 2.22. The molecule has 0 aliphatic carbocycles. The second kappa shape index (κ2) is 7.84. The predicted molar refractivity (Wildman–Crippen MR) is 96.2 cm³/mol. The van der Waals surface area contributed by atoms with Crippen molar-refractivity contribution in [3.63, 3.8) is 0 Å². The van der Waals surface area contributed by atoms with E-state index in [9.17, 15) is 9.90 Å². The van der Waals surface area contributed by atoms with E-state index < -0.39 is 0 Å². The Bertz CT molecular complexity index is 738. The highest BCUT2D eigenvalue weighted by atomic mass is 32.1. The monoisotopic (exact) mass is 362 g/mol. The smallest absolute Gasteiger partial charge is 0.228 e. The molecule has 1 aromatic carbocycles. The van der Waals surface area contributed by atoms with Crippen molar-refractivity contribution >= 4 is 17.2 Å². The molecule has 0 atom stereocenters. The number of aliphatic hydroxyl groups excluding tert-OH is 1. The van der Waals surface area contributed by atoms with Crippen molar-refractivity contribution in [3.8, 4) is 22.1 Å². The van der Waals surface area contributed by atoms with Gasteiger partial charge in [-0.2, -0.15) is 0 Å². The number of thiazole rings is 1. The third-order valence-electron chi connectivity index (χ3n) is 4.33. The molecule has 1 aliphatic rings. The molecule has 1 aliphatic heterocycles. The van der Waals surface area contributed by atoms with E-state index in [1.54, 1.807) is 14.2 Å². The molecular weight excluding hydrogens is 340 g/mol. The van der Waals surface area contributed by atoms with Crippen molar-refractivity contribution in [1.82, 2.24) is 9.88 Å². The van der Waals surface area contributed by atoms with Gasteiger partial charge in [0.25, 0.3) is 0 Å². The zero-order chi connectivity index (χ0) is 17.8. The van der Waals surface area contributed by atoms with Gasteiger partial charge in [-0.3, -0.25) is 4.79 Å². The van der Waals surface area contributed by atoms with Crippen LogP contribution in [0.2, 0.25) is 0 Å². The van der Waals surface area contributed by atoms with Crippen LogP contribution in [0.25, 0.3) is 10.6 Å². The molecule has 2 aromatic rings. The number of aliphatic hydroxyl groups is 1. The molecule has 0 unspecified atom stereocenters. The average Bonchev–Trinajstić information content (AvgIpc) is 3.10. The molecule has 2 heterocycles. The minimum atomic E-state index is -0.278. The number of carbonyl (C=O) groups is 1. The highest BCUT2D eigenvalue weighted by molar-refractivity contribution is 7.13. The lowest BCUT2D eigenvalue weighted by Gasteiger charge is -2.29. The fourth-order valence-electron chi connectivity index (χ4n) is 2.87. The Hall–Kier alpha value is -2.12. The number of hydrogen-bond acceptors (Lipinski definition) is 6. The predicted octanol–water partition coefficient (Wildman–Crippen LogP) is 2.35. The molecule has 1 saturated heterocycles. The number of benzene rings is 1. The Morgan fingerprint density at radius 1 is 1.28 bits per heavy atom. The van der Waals surface area contributed by atoms with Gasteiger partial charge in [-0.1, -0.05) is 0 Å². The van der Waals surface area contributed by atoms with E-state index in [0.717, 1.165) is 16.3 Å². The Morgan fingerprint density at radius 2 is 2.00 bits per heavy atom. The minimum Gasteiger partial charge on any atom is -0.493 e. The van der Waals surface area contributed by atoms with Crippen LogP contribution in [0.15, 0.2) is 23.6 Å². The first kappa shape index (κ1) is 17.7. The lowest BCUT2D eigenvalue weighted by molar-refractivity contribution is -0.132. The van der Waals surface area contributed by atoms with Crippen LogP contribution < -0.4 is 9.47 Å². The van der Waals surface area contributed by atoms with Crippen molar-refractivity contribution in [3.05, 3.63) is 29.3 Å². The standard InChI is InChI=1S/C18H22N2O4S/c1-23-15-4-3-12(9-16(15)24-2)18-19-13(11-25-18)10-17(22)20-7-5-14(21)6-8-20/h3-4,9,11,14,21H,5-8,10H2,1-2H3. The third-order valence-corrected chi connectivity index (χ3v) is 5.27. The molecular formula is C18H22N2O4S. The van der Waals surface area contributed by atoms with Gasteiger partial charge in [-0.05, 0) is 31.0 Å². The summed E-state index contributed by atoms with van der Waals surface area (Å²) in [6.07, 6.45) is 1.32. The van der Waals surface area contributed by atoms with E-state index in [2.05, 4.69) is 4.98 Å². The van der Waals surface area contributed by atoms with Gasteiger partial charge in [0, 0.05) is 24.0 Å². The van der Waals surface area contributed by atoms with Crippen molar-refractivity contribution in [2.24, 2.45) is 0 Å². The summed E-state index contributed by atoms with van der Waals surface area (Å²) in [5, 5.41) is 12.3. The van der Waals surface area contributed by atoms with Crippen molar-refractivity contribution in [2.45, 2.75) is 25.4 Å². The molecule has 7 heteroatoms. The molecule has 1 aromatic heterocycles. The first-order valence-electron chi connectivity index (χ1n) is 8.23. The number of piperidine rings is 1. The Labute approximate surface area is 151 Å². The Morgan fingerprint density at radius 3 is 2.68 bits per heavy atom. The first-order valence-corrected chi connectivity index (χ1v) is 9.11. The molecule has 134 valence electrons. The number of nitrogens with zero attached hydrogens (tertiary/aromatic N) is 2. The molecule has 3 rings (SSSR count). The fraction of sp³-hybridized carbons (Fsp3) is 0.444. The quantitative estimate of drug-likeness (QED) is 0.884. The second-order valence-electron chi connectivity index (χ2n) is 6.00. The summed E-state index contributed by atoms with van der Waals surface area (Å²) < 4.78 is 10.6. The molecule has 0 radical (unpaired) electrons. The summed E-state index contributed by atoms with van der Waals surface area (Å²) in [5.41, 5.74) is 1.70. The second-order valence-corrected chi connectivity index (χ2v) is 6.86. The van der Waals surface area contributed by atoms with Crippen LogP contribution in [-0.4, -0.2) is 54.3 Å². The summed E-state index contributed by atoms with van der Waals surface area (Å²) in [7, 11) is 3.20. The van der Waals surface area contributed by atoms with Crippen LogP contribution in [0.1, 0.15) is 18.5 Å². The molecule has 1 fully saturated rings. The van der Waals surface area contributed by atoms with Crippen LogP contribution in [0.4, 0.5) is 0 Å². The van der Waals surface area contributed by atoms with Crippen LogP contribution in [0.3, 0.4) is 0 Å². The van der Waals surface area contributed by atoms with Crippen LogP contribution >= 0.6 is 11.3 Å². The number of methoxy groups -OCH3 is 2. The van der Waals surface area contributed by atoms with Crippen molar-refractivity contribution < 1.29 is 19.4 Å². The largest absolute Gasteiger partial charge is 0.493 e. The van der Waals surface area contributed by atoms with Gasteiger partial charge >= 0.3 is 0 Å². The molecule has 0 bridgehead atoms. The SMILES string of the molecule is COc1ccc(-c2nc(CC(=O)N3CCC(O)CC3)cs2)cc1OC. The number of carbonyl (C=O) groups excluding carboxylic acids is 1. The van der Waals surface area contributed by atoms with Crippen LogP contribution in [-0.2, 0) is 11.2 Å². The number of amides is 1. The molecule has 0 saturated carbocycles. The van der Waals surface area contributed by atoms with E-state index in [4.69, 9.17) is 9.47 Å². The van der Waals surface area contributed by atoms with Gasteiger partial charge in [0.2, 0.25) is 5.91 Å². The highest BCUT2D eigenvalue weighted by Crippen LogP contribution is 2.33. The third kappa shape index (κ3) is 4.11. The molecule has 6 nitrogen and oxygen atoms in total. The van der Waals surface area contributed by atoms with Gasteiger partial charge in [-0.15, -0.1) is 11.3 Å². The topological polar surface area (TPSA) is 71.9 Å². The maximum absolute atomic E-state index is 12.4. The van der Waals surface area contributed by atoms with Crippen molar-refractivity contribution in [2.75, 3.05) is 27.3 Å². The number of ether oxygens (including phenoxy) is 2. The molecule has 25 heavy (non-hydrogen) atoms. The van der Waals surface area contributed by atoms with Crippen LogP contribution in [0.5, 0.6) is 11.5 Å². The van der Waals surface area contributed by atoms with Gasteiger partial charge in [0.1, 0.15) is 5.01 Å². The fourth-order valence-corrected chi connectivity index (χ4v) is 3.69. The summed E-state index contributed by atoms with van der Waals surface area (Å²) >= 11 is 1.51. The number of rotatable bonds is 5. The zero-order valence-corrected chi connectivity index (χ0v) is 15.2. The van der Waals surface area contributed by atoms with E-state index >= 15 is 0 Å². The Balaban J connectivity index is 1.69. The van der Waals surface area contributed by atoms with Gasteiger partial charge in [-0.25, -0.2) is 4.98 Å². The zero-order valence-electron chi connectivity index (χ0n) is 14.4. The minimum absolute atomic E-state index is 0.0658. The molecule has 0 spiro atoms.